The van der Waals surface area contributed by atoms with E-state index >= 15 is 52.7 Å². The van der Waals surface area contributed by atoms with E-state index in [0.717, 1.165) is 21.6 Å². The second kappa shape index (κ2) is 51.6. The van der Waals surface area contributed by atoms with E-state index in [1.54, 1.807) is 60.9 Å². The molecule has 4 fully saturated rings. The quantitative estimate of drug-likeness (QED) is 0.0149. The number of hydrogen-bond acceptors (Lipinski definition) is 24. The SMILES string of the molecule is CCCC[C@H]1C(=O)N(C)[C@@H](CCCC)C(=O)N[C@@H](CCCNC(=N)N)C(=O)N[C@H](C(=O)NCC(N)=O)CSCC(=O)N[C@@H](Cc2ccc(O)cc2)C(=O)N2CCCC[C@H]2C(=O)N[C@@H](CC(=O)O)C(=O)N2CCC[C@H]2C(=O)N[C@@H](Cc2c[nH]cn2)C(=O)N[C@@H](CCCN)C(=O)N2C[C@H](O)C[C@H]2C(=O)N[C@@H](Cc2c[nH]c3ccccc23)C(=O)N[C@@H](CO)C(=O)N[C@@H](Cc2c[nH]c3ccccc23)C(=O)C1C. The number of aliphatic hydroxyl groups excluding tert-OH is 2. The Balaban J connectivity index is 1.03. The van der Waals surface area contributed by atoms with Crippen molar-refractivity contribution >= 4 is 140 Å². The summed E-state index contributed by atoms with van der Waals surface area (Å²) in [5, 5.41) is 81.7. The number of aromatic amines is 3. The number of imidazole rings is 1. The highest BCUT2D eigenvalue weighted by Crippen LogP contribution is 2.31. The number of carboxylic acids is 1. The molecule has 4 aliphatic rings. The van der Waals surface area contributed by atoms with Crippen molar-refractivity contribution in [1.82, 2.24) is 98.0 Å². The molecule has 0 radical (unpaired) electrons. The molecule has 0 bridgehead atoms. The average molecular weight is 1940 g/mol. The lowest BCUT2D eigenvalue weighted by molar-refractivity contribution is -0.149. The third-order valence-corrected chi connectivity index (χ3v) is 26.4. The van der Waals surface area contributed by atoms with Crippen LogP contribution in [0.5, 0.6) is 5.75 Å². The molecule has 45 heteroatoms. The number of phenolic OH excluding ortho intramolecular Hbond substituents is 1. The molecule has 15 amide bonds. The van der Waals surface area contributed by atoms with Gasteiger partial charge in [-0.1, -0.05) is 95.0 Å². The molecule has 0 aliphatic carbocycles. The number of phenols is 1. The van der Waals surface area contributed by atoms with Gasteiger partial charge in [-0.2, -0.15) is 0 Å². The van der Waals surface area contributed by atoms with Gasteiger partial charge in [-0.15, -0.1) is 11.8 Å². The number of Topliss-reactive ketones (excluding diaryl/α,β-unsaturated/α-hetero) is 1. The molecule has 4 saturated heterocycles. The lowest BCUT2D eigenvalue weighted by Gasteiger charge is -2.38. The Hall–Kier alpha value is -13.6. The number of fused-ring (bicyclic) bond motifs is 5. The van der Waals surface area contributed by atoms with Crippen molar-refractivity contribution in [2.24, 2.45) is 29.0 Å². The number of unbranched alkanes of at least 4 members (excludes halogenated alkanes) is 2. The van der Waals surface area contributed by atoms with Gasteiger partial charge in [0.05, 0.1) is 49.5 Å². The summed E-state index contributed by atoms with van der Waals surface area (Å²) in [6, 6.07) is -0.881. The summed E-state index contributed by atoms with van der Waals surface area (Å²) < 4.78 is 0. The fraction of sp³-hybridized carbons (Fsp3) is 0.538. The number of aliphatic carboxylic acids is 1. The van der Waals surface area contributed by atoms with Crippen LogP contribution in [-0.2, 0) is 107 Å². The number of thioether (sulfide) groups is 1. The van der Waals surface area contributed by atoms with Crippen LogP contribution in [-0.4, -0.2) is 315 Å². The first-order valence-corrected chi connectivity index (χ1v) is 48.0. The zero-order valence-electron chi connectivity index (χ0n) is 77.8. The fourth-order valence-corrected chi connectivity index (χ4v) is 18.8. The van der Waals surface area contributed by atoms with E-state index in [9.17, 15) is 49.2 Å². The van der Waals surface area contributed by atoms with Crippen molar-refractivity contribution in [1.29, 1.82) is 5.41 Å². The van der Waals surface area contributed by atoms with Crippen molar-refractivity contribution in [2.75, 3.05) is 64.4 Å². The third kappa shape index (κ3) is 29.3. The number of para-hydroxylation sites is 2. The van der Waals surface area contributed by atoms with E-state index in [4.69, 9.17) is 22.6 Å². The number of ketones is 1. The highest BCUT2D eigenvalue weighted by molar-refractivity contribution is 8.00. The van der Waals surface area contributed by atoms with Crippen LogP contribution in [0, 0.1) is 17.2 Å². The predicted octanol–water partition coefficient (Wildman–Crippen LogP) is -2.11. The van der Waals surface area contributed by atoms with Crippen LogP contribution >= 0.6 is 11.8 Å². The molecule has 3 aromatic carbocycles. The second-order valence-electron chi connectivity index (χ2n) is 35.4. The first-order chi connectivity index (χ1) is 66.1. The lowest BCUT2D eigenvalue weighted by atomic mass is 9.81. The summed E-state index contributed by atoms with van der Waals surface area (Å²) >= 11 is 0.772. The van der Waals surface area contributed by atoms with Gasteiger partial charge >= 0.3 is 5.97 Å². The van der Waals surface area contributed by atoms with Gasteiger partial charge in [0, 0.05) is 123 Å². The Kier molecular flexibility index (Phi) is 39.8. The molecule has 1 unspecified atom stereocenters. The summed E-state index contributed by atoms with van der Waals surface area (Å²) in [4.78, 5) is 270. The minimum Gasteiger partial charge on any atom is -0.508 e. The molecule has 3 aromatic heterocycles. The number of nitrogens with one attached hydrogen (secondary N) is 15. The third-order valence-electron chi connectivity index (χ3n) is 25.4. The van der Waals surface area contributed by atoms with E-state index in [1.807, 2.05) is 13.8 Å². The minimum atomic E-state index is -1.89. The number of carbonyl (C=O) groups excluding carboxylic acids is 16. The van der Waals surface area contributed by atoms with Crippen LogP contribution in [0.4, 0.5) is 0 Å². The highest BCUT2D eigenvalue weighted by Gasteiger charge is 2.48. The van der Waals surface area contributed by atoms with Crippen LogP contribution < -0.4 is 75.7 Å². The maximum absolute atomic E-state index is 15.9. The average Bonchev–Trinajstić information content (AvgIpc) is 1.67. The number of guanidine groups is 1. The Morgan fingerprint density at radius 2 is 1.10 bits per heavy atom. The van der Waals surface area contributed by atoms with Crippen molar-refractivity contribution in [3.8, 4) is 5.75 Å². The topological polar surface area (TPSA) is 679 Å². The number of piperidine rings is 1. The molecule has 10 rings (SSSR count). The summed E-state index contributed by atoms with van der Waals surface area (Å²) in [6.07, 6.45) is 4.16. The largest absolute Gasteiger partial charge is 0.508 e. The number of aliphatic hydroxyl groups is 2. The molecule has 748 valence electrons. The lowest BCUT2D eigenvalue weighted by Crippen LogP contribution is -2.61. The van der Waals surface area contributed by atoms with E-state index in [-0.39, 0.29) is 121 Å². The molecule has 25 N–H and O–H groups in total. The Labute approximate surface area is 800 Å². The first kappa shape index (κ1) is 106. The molecular weight excluding hydrogens is 1810 g/mol. The summed E-state index contributed by atoms with van der Waals surface area (Å²) in [7, 11) is 1.37. The summed E-state index contributed by atoms with van der Waals surface area (Å²) in [5.41, 5.74) is 20.1. The van der Waals surface area contributed by atoms with Gasteiger partial charge in [0.25, 0.3) is 0 Å². The Morgan fingerprint density at radius 1 is 0.558 bits per heavy atom. The smallest absolute Gasteiger partial charge is 0.305 e. The van der Waals surface area contributed by atoms with E-state index in [0.29, 0.717) is 77.0 Å². The predicted molar refractivity (Wildman–Crippen MR) is 505 cm³/mol. The highest BCUT2D eigenvalue weighted by atomic mass is 32.2. The van der Waals surface area contributed by atoms with Gasteiger partial charge in [0.1, 0.15) is 78.3 Å². The van der Waals surface area contributed by atoms with Crippen LogP contribution in [0.1, 0.15) is 152 Å². The molecule has 7 heterocycles. The van der Waals surface area contributed by atoms with Crippen LogP contribution in [0.3, 0.4) is 0 Å². The van der Waals surface area contributed by atoms with Gasteiger partial charge < -0.3 is 131 Å². The van der Waals surface area contributed by atoms with Crippen molar-refractivity contribution in [3.05, 3.63) is 120 Å². The number of amides is 15. The standard InChI is InChI=1S/C93H129N23O21S/c1-5-7-18-58-51(3)79(124)65(37-53-42-100-61-21-11-9-19-59(53)61)107-84(129)70(47-117)111-82(127)66(38-54-43-101-62-22-12-10-20-60(54)62)108-88(133)75-40-57(119)46-116(75)90(135)64(23-15-32-94)106-83(128)67(39-55-44-98-50-103-55)109-86(131)74-27-17-35-115(74)92(137)69(41-78(122)123)110-87(132)73-26-13-14-34-114(73)91(136)68(36-52-28-30-56(118)31-29-52)104-77(121)49-138-48-71(80(125)102-45-76(95)120)112-81(126)63(24-16-33-99-93(96)97)105-85(130)72(25-8-6-2)113(4)89(58)134/h9-12,19-22,28-31,42-44,50-51,57-58,63-75,100-101,117-119H,5-8,13-18,23-27,32-41,45-49,94H2,1-4H3,(H2,95,120)(H,98,103)(H,102,125)(H,104,121)(H,105,130)(H,106,128)(H,107,129)(H,108,133)(H,109,131)(H,110,132)(H,111,127)(H,112,126)(H,122,123)(H4,96,97,99)/t51?,57-,58-,63+,64+,65+,66+,67+,68+,69+,70+,71+,72+,73+,74+,75+/m1/s1. The molecule has 0 spiro atoms. The number of hydrogen-bond donors (Lipinski definition) is 22. The minimum absolute atomic E-state index is 0.00699. The number of nitrogens with zero attached hydrogens (tertiary/aromatic N) is 5. The van der Waals surface area contributed by atoms with Gasteiger partial charge in [0.2, 0.25) is 88.6 Å². The maximum Gasteiger partial charge on any atom is 0.305 e. The monoisotopic (exact) mass is 1940 g/mol. The van der Waals surface area contributed by atoms with Crippen molar-refractivity contribution in [2.45, 2.75) is 240 Å². The number of nitrogens with two attached hydrogens (primary N) is 3. The number of H-pyrrole nitrogens is 3. The number of carboxylic acid groups (broad SMARTS) is 1. The van der Waals surface area contributed by atoms with E-state index in [2.05, 4.69) is 78.4 Å². The van der Waals surface area contributed by atoms with Gasteiger partial charge in [-0.25, -0.2) is 4.98 Å². The molecular formula is C93H129N23O21S. The summed E-state index contributed by atoms with van der Waals surface area (Å²) in [5.74, 6) is -20.5. The zero-order valence-corrected chi connectivity index (χ0v) is 78.6. The van der Waals surface area contributed by atoms with E-state index < -0.39 is 247 Å². The van der Waals surface area contributed by atoms with Crippen molar-refractivity contribution in [3.63, 3.8) is 0 Å². The Morgan fingerprint density at radius 3 is 1.71 bits per heavy atom. The summed E-state index contributed by atoms with van der Waals surface area (Å²) in [6.45, 7) is 2.58. The van der Waals surface area contributed by atoms with Crippen LogP contribution in [0.25, 0.3) is 21.8 Å². The number of aromatic hydroxyl groups is 1. The molecule has 138 heavy (non-hydrogen) atoms. The first-order valence-electron chi connectivity index (χ1n) is 46.8. The molecule has 0 saturated carbocycles. The van der Waals surface area contributed by atoms with Crippen LogP contribution in [0.15, 0.2) is 97.7 Å². The normalized spacial score (nSPS) is 25.4. The second-order valence-corrected chi connectivity index (χ2v) is 36.5. The van der Waals surface area contributed by atoms with Gasteiger partial charge in [-0.05, 0) is 118 Å². The molecule has 44 nitrogen and oxygen atoms in total. The fourth-order valence-electron chi connectivity index (χ4n) is 18.0. The number of likely N-dealkylation sites (N-methyl/N-ethyl adjacent to an activating group) is 1. The maximum atomic E-state index is 15.9. The number of primary amides is 1. The van der Waals surface area contributed by atoms with Gasteiger partial charge in [0.15, 0.2) is 11.7 Å². The molecule has 4 aliphatic heterocycles. The molecule has 16 atom stereocenters. The molecule has 6 aromatic rings. The van der Waals surface area contributed by atoms with Crippen LogP contribution in [0.2, 0.25) is 0 Å². The Bertz CT molecular complexity index is 5310. The number of carbonyl (C=O) groups is 17. The van der Waals surface area contributed by atoms with Crippen molar-refractivity contribution < 1.29 is 102 Å². The number of rotatable bonds is 27. The van der Waals surface area contributed by atoms with E-state index in [1.165, 1.54) is 60.6 Å². The zero-order chi connectivity index (χ0) is 100.0. The number of aromatic nitrogens is 4. The van der Waals surface area contributed by atoms with Gasteiger partial charge in [-0.3, -0.25) is 86.9 Å². The number of benzene rings is 3.